The van der Waals surface area contributed by atoms with Crippen molar-refractivity contribution in [3.05, 3.63) is 71.2 Å². The van der Waals surface area contributed by atoms with E-state index in [0.29, 0.717) is 12.1 Å². The number of para-hydroxylation sites is 1. The number of halogens is 1. The molecule has 0 saturated heterocycles. The molecule has 3 aromatic rings. The van der Waals surface area contributed by atoms with Gasteiger partial charge in [0.25, 0.3) is 5.91 Å². The summed E-state index contributed by atoms with van der Waals surface area (Å²) in [5, 5.41) is 3.77. The maximum absolute atomic E-state index is 13.6. The molecule has 0 unspecified atom stereocenters. The first-order valence-corrected chi connectivity index (χ1v) is 8.70. The smallest absolute Gasteiger partial charge is 0.287 e. The maximum Gasteiger partial charge on any atom is 0.287 e. The summed E-state index contributed by atoms with van der Waals surface area (Å²) in [6.45, 7) is 0.597. The number of nitrogens with one attached hydrogen (secondary N) is 1. The molecule has 3 rings (SSSR count). The quantitative estimate of drug-likeness (QED) is 0.688. The summed E-state index contributed by atoms with van der Waals surface area (Å²) in [7, 11) is 5.36. The molecule has 1 N–H and O–H groups in total. The summed E-state index contributed by atoms with van der Waals surface area (Å²) in [6, 6.07) is 13.7. The average molecular weight is 370 g/mol. The van der Waals surface area contributed by atoms with E-state index in [1.54, 1.807) is 13.2 Å². The van der Waals surface area contributed by atoms with E-state index in [4.69, 9.17) is 9.15 Å². The van der Waals surface area contributed by atoms with Crippen LogP contribution in [0.5, 0.6) is 0 Å². The second-order valence-corrected chi connectivity index (χ2v) is 6.58. The van der Waals surface area contributed by atoms with Crippen molar-refractivity contribution in [3.8, 4) is 0 Å². The van der Waals surface area contributed by atoms with Crippen LogP contribution in [0, 0.1) is 5.82 Å². The fraction of sp³-hybridized carbons (Fsp3) is 0.286. The summed E-state index contributed by atoms with van der Waals surface area (Å²) in [5.74, 6) is -0.373. The molecule has 1 heterocycles. The molecule has 0 saturated carbocycles. The van der Waals surface area contributed by atoms with Crippen LogP contribution in [-0.4, -0.2) is 38.6 Å². The lowest BCUT2D eigenvalue weighted by atomic mass is 10.1. The summed E-state index contributed by atoms with van der Waals surface area (Å²) in [6.07, 6.45) is 0. The van der Waals surface area contributed by atoms with Crippen LogP contribution in [0.4, 0.5) is 4.39 Å². The van der Waals surface area contributed by atoms with E-state index < -0.39 is 0 Å². The van der Waals surface area contributed by atoms with Gasteiger partial charge in [-0.1, -0.05) is 30.3 Å². The number of amides is 1. The number of methoxy groups -OCH3 is 1. The molecule has 1 atom stereocenters. The number of carbonyl (C=O) groups excluding carboxylic acids is 1. The second kappa shape index (κ2) is 8.33. The highest BCUT2D eigenvalue weighted by atomic mass is 19.1. The third kappa shape index (κ3) is 4.18. The van der Waals surface area contributed by atoms with Gasteiger partial charge in [-0.15, -0.1) is 0 Å². The standard InChI is InChI=1S/C21H23FN2O3/c1-24(2)18(14-7-6-8-15(22)11-14)12-23-21(25)20-17(13-26-3)16-9-4-5-10-19(16)27-20/h4-11,18H,12-13H2,1-3H3,(H,23,25)/t18-/m1/s1. The molecular formula is C21H23FN2O3. The highest BCUT2D eigenvalue weighted by molar-refractivity contribution is 5.99. The summed E-state index contributed by atoms with van der Waals surface area (Å²) in [5.41, 5.74) is 2.16. The van der Waals surface area contributed by atoms with Crippen molar-refractivity contribution in [2.24, 2.45) is 0 Å². The lowest BCUT2D eigenvalue weighted by Crippen LogP contribution is -2.34. The van der Waals surface area contributed by atoms with E-state index in [9.17, 15) is 9.18 Å². The number of rotatable bonds is 7. The fourth-order valence-electron chi connectivity index (χ4n) is 3.15. The molecule has 1 aromatic heterocycles. The number of benzene rings is 2. The van der Waals surface area contributed by atoms with Crippen LogP contribution in [0.15, 0.2) is 52.9 Å². The van der Waals surface area contributed by atoms with Gasteiger partial charge in [0.1, 0.15) is 11.4 Å². The zero-order chi connectivity index (χ0) is 19.4. The number of nitrogens with zero attached hydrogens (tertiary/aromatic N) is 1. The fourth-order valence-corrected chi connectivity index (χ4v) is 3.15. The lowest BCUT2D eigenvalue weighted by molar-refractivity contribution is 0.0909. The Hall–Kier alpha value is -2.70. The molecule has 0 aliphatic rings. The third-order valence-corrected chi connectivity index (χ3v) is 4.51. The highest BCUT2D eigenvalue weighted by Crippen LogP contribution is 2.27. The average Bonchev–Trinajstić information content (AvgIpc) is 3.01. The molecule has 0 aliphatic heterocycles. The van der Waals surface area contributed by atoms with Gasteiger partial charge in [-0.2, -0.15) is 0 Å². The van der Waals surface area contributed by atoms with Crippen molar-refractivity contribution in [1.29, 1.82) is 0 Å². The summed E-state index contributed by atoms with van der Waals surface area (Å²) in [4.78, 5) is 14.7. The van der Waals surface area contributed by atoms with Gasteiger partial charge in [0.15, 0.2) is 5.76 Å². The van der Waals surface area contributed by atoms with Gasteiger partial charge in [-0.3, -0.25) is 4.79 Å². The van der Waals surface area contributed by atoms with E-state index >= 15 is 0 Å². The molecule has 0 fully saturated rings. The van der Waals surface area contributed by atoms with Crippen LogP contribution in [-0.2, 0) is 11.3 Å². The monoisotopic (exact) mass is 370 g/mol. The van der Waals surface area contributed by atoms with E-state index in [0.717, 1.165) is 16.5 Å². The highest BCUT2D eigenvalue weighted by Gasteiger charge is 2.22. The molecule has 5 nitrogen and oxygen atoms in total. The van der Waals surface area contributed by atoms with Crippen LogP contribution >= 0.6 is 0 Å². The predicted molar refractivity (Wildman–Crippen MR) is 102 cm³/mol. The zero-order valence-electron chi connectivity index (χ0n) is 15.7. The summed E-state index contributed by atoms with van der Waals surface area (Å²) >= 11 is 0. The minimum atomic E-state index is -0.318. The Labute approximate surface area is 157 Å². The molecule has 27 heavy (non-hydrogen) atoms. The Morgan fingerprint density at radius 1 is 1.22 bits per heavy atom. The van der Waals surface area contributed by atoms with Crippen molar-refractivity contribution in [3.63, 3.8) is 0 Å². The van der Waals surface area contributed by atoms with Gasteiger partial charge in [0.2, 0.25) is 0 Å². The van der Waals surface area contributed by atoms with E-state index in [2.05, 4.69) is 5.32 Å². The Bertz CT molecular complexity index is 936. The SMILES string of the molecule is COCc1c(C(=O)NC[C@H](c2cccc(F)c2)N(C)C)oc2ccccc12. The van der Waals surface area contributed by atoms with E-state index in [-0.39, 0.29) is 30.1 Å². The Balaban J connectivity index is 1.82. The van der Waals surface area contributed by atoms with Crippen LogP contribution < -0.4 is 5.32 Å². The van der Waals surface area contributed by atoms with Crippen LogP contribution in [0.2, 0.25) is 0 Å². The number of likely N-dealkylation sites (N-methyl/N-ethyl adjacent to an activating group) is 1. The third-order valence-electron chi connectivity index (χ3n) is 4.51. The molecule has 2 aromatic carbocycles. The number of hydrogen-bond acceptors (Lipinski definition) is 4. The topological polar surface area (TPSA) is 54.7 Å². The zero-order valence-corrected chi connectivity index (χ0v) is 15.7. The van der Waals surface area contributed by atoms with Gasteiger partial charge in [0.05, 0.1) is 12.6 Å². The van der Waals surface area contributed by atoms with Gasteiger partial charge in [-0.25, -0.2) is 4.39 Å². The second-order valence-electron chi connectivity index (χ2n) is 6.58. The molecule has 0 spiro atoms. The molecule has 142 valence electrons. The largest absolute Gasteiger partial charge is 0.451 e. The van der Waals surface area contributed by atoms with Gasteiger partial charge >= 0.3 is 0 Å². The van der Waals surface area contributed by atoms with Crippen LogP contribution in [0.1, 0.15) is 27.7 Å². The first-order chi connectivity index (χ1) is 13.0. The van der Waals surface area contributed by atoms with Gasteiger partial charge in [-0.05, 0) is 37.9 Å². The lowest BCUT2D eigenvalue weighted by Gasteiger charge is -2.25. The van der Waals surface area contributed by atoms with Crippen molar-refractivity contribution in [2.75, 3.05) is 27.7 Å². The Morgan fingerprint density at radius 3 is 2.70 bits per heavy atom. The number of carbonyl (C=O) groups is 1. The molecule has 0 bridgehead atoms. The van der Waals surface area contributed by atoms with Crippen LogP contribution in [0.25, 0.3) is 11.0 Å². The normalized spacial score (nSPS) is 12.5. The number of hydrogen-bond donors (Lipinski definition) is 1. The molecular weight excluding hydrogens is 347 g/mol. The van der Waals surface area contributed by atoms with Crippen molar-refractivity contribution in [2.45, 2.75) is 12.6 Å². The number of furan rings is 1. The number of fused-ring (bicyclic) bond motifs is 1. The molecule has 6 heteroatoms. The molecule has 0 radical (unpaired) electrons. The number of ether oxygens (including phenoxy) is 1. The Kier molecular flexibility index (Phi) is 5.88. The predicted octanol–water partition coefficient (Wildman–Crippen LogP) is 3.75. The maximum atomic E-state index is 13.6. The Morgan fingerprint density at radius 2 is 2.00 bits per heavy atom. The summed E-state index contributed by atoms with van der Waals surface area (Å²) < 4.78 is 24.6. The van der Waals surface area contributed by atoms with Crippen molar-refractivity contribution >= 4 is 16.9 Å². The molecule has 1 amide bonds. The van der Waals surface area contributed by atoms with Crippen molar-refractivity contribution in [1.82, 2.24) is 10.2 Å². The first-order valence-electron chi connectivity index (χ1n) is 8.70. The van der Waals surface area contributed by atoms with E-state index in [1.165, 1.54) is 12.1 Å². The van der Waals surface area contributed by atoms with Gasteiger partial charge in [0, 0.05) is 24.6 Å². The molecule has 0 aliphatic carbocycles. The van der Waals surface area contributed by atoms with Crippen LogP contribution in [0.3, 0.4) is 0 Å². The van der Waals surface area contributed by atoms with Gasteiger partial charge < -0.3 is 19.4 Å². The van der Waals surface area contributed by atoms with Crippen molar-refractivity contribution < 1.29 is 18.3 Å². The van der Waals surface area contributed by atoms with E-state index in [1.807, 2.05) is 49.3 Å². The first kappa shape index (κ1) is 19.1. The minimum absolute atomic E-state index is 0.167. The minimum Gasteiger partial charge on any atom is -0.451 e.